The Balaban J connectivity index is 4.04. The molecule has 0 bridgehead atoms. The highest BCUT2D eigenvalue weighted by atomic mass is 16.7. The maximum atomic E-state index is 13.0. The Labute approximate surface area is 623 Å². The van der Waals surface area contributed by atoms with E-state index in [1.165, 1.54) is 186 Å². The average molecular weight is 1400 g/mol. The van der Waals surface area contributed by atoms with Gasteiger partial charge in [-0.3, -0.25) is 9.59 Å². The topological polar surface area (TPSA) is 111 Å². The van der Waals surface area contributed by atoms with Gasteiger partial charge in [-0.15, -0.1) is 0 Å². The van der Waals surface area contributed by atoms with Crippen LogP contribution in [-0.2, 0) is 33.3 Å². The third-order valence-electron chi connectivity index (χ3n) is 17.8. The van der Waals surface area contributed by atoms with Crippen LogP contribution in [0, 0.1) is 0 Å². The Morgan fingerprint density at radius 3 is 0.792 bits per heavy atom. The molecule has 0 aliphatic heterocycles. The number of carboxylic acid groups (broad SMARTS) is 1. The van der Waals surface area contributed by atoms with Crippen LogP contribution in [0.4, 0.5) is 0 Å². The second kappa shape index (κ2) is 80.6. The molecule has 0 aromatic heterocycles. The minimum absolute atomic E-state index is 0.143. The van der Waals surface area contributed by atoms with Gasteiger partial charge in [-0.1, -0.05) is 371 Å². The number of hydrogen-bond donors (Lipinski definition) is 0. The third kappa shape index (κ3) is 82.1. The summed E-state index contributed by atoms with van der Waals surface area (Å²) in [6.07, 6.45) is 117. The van der Waals surface area contributed by atoms with E-state index in [0.717, 1.165) is 128 Å². The molecule has 0 aliphatic rings. The van der Waals surface area contributed by atoms with E-state index >= 15 is 0 Å². The van der Waals surface area contributed by atoms with Gasteiger partial charge in [0.15, 0.2) is 12.4 Å². The Bertz CT molecular complexity index is 2230. The van der Waals surface area contributed by atoms with Crippen molar-refractivity contribution in [3.8, 4) is 0 Å². The van der Waals surface area contributed by atoms with Gasteiger partial charge >= 0.3 is 11.9 Å². The molecule has 9 heteroatoms. The van der Waals surface area contributed by atoms with E-state index in [9.17, 15) is 19.5 Å². The van der Waals surface area contributed by atoms with Crippen LogP contribution in [0.3, 0.4) is 0 Å². The molecule has 0 saturated carbocycles. The molecule has 0 amide bonds. The largest absolute Gasteiger partial charge is 0.545 e. The monoisotopic (exact) mass is 1400 g/mol. The van der Waals surface area contributed by atoms with Crippen molar-refractivity contribution in [2.75, 3.05) is 47.5 Å². The molecular formula is C92H155NO8. The summed E-state index contributed by atoms with van der Waals surface area (Å²) < 4.78 is 22.9. The Morgan fingerprint density at radius 1 is 0.297 bits per heavy atom. The number of unbranched alkanes of at least 4 members (excludes halogenated alkanes) is 35. The predicted octanol–water partition coefficient (Wildman–Crippen LogP) is 25.8. The highest BCUT2D eigenvalue weighted by Crippen LogP contribution is 2.19. The van der Waals surface area contributed by atoms with Crippen molar-refractivity contribution in [2.24, 2.45) is 0 Å². The van der Waals surface area contributed by atoms with E-state index in [1.807, 2.05) is 21.1 Å². The summed E-state index contributed by atoms with van der Waals surface area (Å²) in [4.78, 5) is 37.7. The molecule has 576 valence electrons. The fourth-order valence-corrected chi connectivity index (χ4v) is 11.5. The van der Waals surface area contributed by atoms with E-state index < -0.39 is 24.3 Å². The first-order valence-electron chi connectivity index (χ1n) is 41.6. The van der Waals surface area contributed by atoms with Gasteiger partial charge in [0.05, 0.1) is 40.3 Å². The van der Waals surface area contributed by atoms with Crippen molar-refractivity contribution >= 4 is 17.9 Å². The van der Waals surface area contributed by atoms with Gasteiger partial charge in [0.1, 0.15) is 13.2 Å². The highest BCUT2D eigenvalue weighted by Gasteiger charge is 2.22. The minimum atomic E-state index is -1.63. The maximum Gasteiger partial charge on any atom is 0.306 e. The molecular weight excluding hydrogens is 1250 g/mol. The molecule has 0 N–H and O–H groups in total. The summed E-state index contributed by atoms with van der Waals surface area (Å²) in [5.41, 5.74) is 0. The molecule has 0 aromatic carbocycles. The van der Waals surface area contributed by atoms with Crippen LogP contribution < -0.4 is 5.11 Å². The Hall–Kier alpha value is -5.09. The van der Waals surface area contributed by atoms with Crippen LogP contribution in [0.25, 0.3) is 0 Å². The lowest BCUT2D eigenvalue weighted by atomic mass is 10.0. The zero-order valence-electron chi connectivity index (χ0n) is 66.0. The lowest BCUT2D eigenvalue weighted by molar-refractivity contribution is -0.870. The van der Waals surface area contributed by atoms with Crippen LogP contribution in [-0.4, -0.2) is 82.3 Å². The molecule has 101 heavy (non-hydrogen) atoms. The number of likely N-dealkylation sites (N-methyl/N-ethyl adjacent to an activating group) is 1. The molecule has 0 aliphatic carbocycles. The molecule has 0 rings (SSSR count). The quantitative estimate of drug-likeness (QED) is 0.0195. The van der Waals surface area contributed by atoms with Crippen molar-refractivity contribution in [3.63, 3.8) is 0 Å². The van der Waals surface area contributed by atoms with Crippen LogP contribution >= 0.6 is 0 Å². The van der Waals surface area contributed by atoms with Crippen LogP contribution in [0.1, 0.15) is 348 Å². The van der Waals surface area contributed by atoms with Crippen LogP contribution in [0.15, 0.2) is 158 Å². The number of carbonyl (C=O) groups excluding carboxylic acids is 3. The first-order valence-corrected chi connectivity index (χ1v) is 41.6. The number of allylic oxidation sites excluding steroid dienone is 26. The van der Waals surface area contributed by atoms with Crippen molar-refractivity contribution in [3.05, 3.63) is 158 Å². The average Bonchev–Trinajstić information content (AvgIpc) is 1.21. The SMILES string of the molecule is CC/C=C\C/C=C\C/C=C\C/C=C\C/C=C\C/C=C\C/C=C\C/C=C\C/C=C\CCCCCCCCCCCCCC(=O)OC(COC(=O)CCCCCCCCCCCCCCCCCCCCCCCCCC/C=C\C/C=C\C/C=C\C/C=C\CC)COC(OCC[N+](C)(C)C)C(=O)[O-]. The molecule has 0 spiro atoms. The van der Waals surface area contributed by atoms with Crippen molar-refractivity contribution in [1.29, 1.82) is 0 Å². The van der Waals surface area contributed by atoms with Crippen LogP contribution in [0.2, 0.25) is 0 Å². The van der Waals surface area contributed by atoms with Gasteiger partial charge in [0, 0.05) is 12.8 Å². The maximum absolute atomic E-state index is 13.0. The summed E-state index contributed by atoms with van der Waals surface area (Å²) in [5, 5.41) is 11.9. The fraction of sp³-hybridized carbons (Fsp3) is 0.685. The number of esters is 2. The summed E-state index contributed by atoms with van der Waals surface area (Å²) in [6.45, 7) is 4.54. The van der Waals surface area contributed by atoms with E-state index in [2.05, 4.69) is 172 Å². The fourth-order valence-electron chi connectivity index (χ4n) is 11.5. The van der Waals surface area contributed by atoms with Gasteiger partial charge in [0.25, 0.3) is 0 Å². The molecule has 0 heterocycles. The predicted molar refractivity (Wildman–Crippen MR) is 435 cm³/mol. The summed E-state index contributed by atoms with van der Waals surface area (Å²) >= 11 is 0. The summed E-state index contributed by atoms with van der Waals surface area (Å²) in [6, 6.07) is 0. The zero-order chi connectivity index (χ0) is 73.2. The lowest BCUT2D eigenvalue weighted by Gasteiger charge is -2.26. The van der Waals surface area contributed by atoms with Gasteiger partial charge in [0.2, 0.25) is 0 Å². The molecule has 2 atom stereocenters. The molecule has 0 fully saturated rings. The third-order valence-corrected chi connectivity index (χ3v) is 17.8. The second-order valence-electron chi connectivity index (χ2n) is 28.7. The standard InChI is InChI=1S/C92H155NO8/c1-6-8-10-12-14-16-18-20-22-24-26-28-30-32-34-36-38-40-42-44-45-47-49-51-53-55-57-59-61-63-65-67-69-71-73-75-77-79-81-83-90(95)101-88(87-100-92(91(96)97)98-85-84-93(3,4)5)86-99-89(94)82-80-78-76-74-72-70-68-66-64-62-60-58-56-54-52-50-48-46-43-41-39-37-35-33-31-29-27-25-23-21-19-17-15-13-11-9-7-2/h8-11,14-17,20-23,26-29,32,34,38,40,44-45,49,51,55,57,88,92H,6-7,12-13,18-19,24-25,30-31,33,35-37,39,41-43,46-48,50,52-54,56,58-87H2,1-5H3/b10-8-,11-9-,16-14-,17-15-,22-20-,23-21-,28-26-,29-27-,34-32-,40-38-,45-44-,51-49-,57-55-. The lowest BCUT2D eigenvalue weighted by Crippen LogP contribution is -2.44. The van der Waals surface area contributed by atoms with Gasteiger partial charge in [-0.05, 0) is 122 Å². The van der Waals surface area contributed by atoms with E-state index in [1.54, 1.807) is 0 Å². The van der Waals surface area contributed by atoms with Crippen LogP contribution in [0.5, 0.6) is 0 Å². The first-order chi connectivity index (χ1) is 49.6. The first kappa shape index (κ1) is 95.9. The Morgan fingerprint density at radius 2 is 0.535 bits per heavy atom. The number of carboxylic acids is 1. The Kier molecular flexibility index (Phi) is 76.5. The molecule has 9 nitrogen and oxygen atoms in total. The number of rotatable bonds is 76. The van der Waals surface area contributed by atoms with E-state index in [0.29, 0.717) is 17.4 Å². The van der Waals surface area contributed by atoms with Gasteiger partial charge in [-0.2, -0.15) is 0 Å². The number of quaternary nitrogens is 1. The summed E-state index contributed by atoms with van der Waals surface area (Å²) in [5.74, 6) is -2.28. The molecule has 0 aromatic rings. The van der Waals surface area contributed by atoms with Crippen molar-refractivity contribution in [1.82, 2.24) is 0 Å². The highest BCUT2D eigenvalue weighted by molar-refractivity contribution is 5.70. The smallest absolute Gasteiger partial charge is 0.306 e. The number of ether oxygens (including phenoxy) is 4. The van der Waals surface area contributed by atoms with Crippen molar-refractivity contribution in [2.45, 2.75) is 360 Å². The van der Waals surface area contributed by atoms with E-state index in [-0.39, 0.29) is 38.6 Å². The van der Waals surface area contributed by atoms with Gasteiger partial charge in [-0.25, -0.2) is 0 Å². The molecule has 0 saturated heterocycles. The van der Waals surface area contributed by atoms with Crippen molar-refractivity contribution < 1.29 is 42.9 Å². The molecule has 0 radical (unpaired) electrons. The normalized spacial score (nSPS) is 13.5. The second-order valence-corrected chi connectivity index (χ2v) is 28.7. The van der Waals surface area contributed by atoms with Gasteiger partial charge < -0.3 is 33.3 Å². The zero-order valence-corrected chi connectivity index (χ0v) is 66.0. The molecule has 2 unspecified atom stereocenters. The number of aliphatic carboxylic acids is 1. The summed E-state index contributed by atoms with van der Waals surface area (Å²) in [7, 11) is 5.94. The number of carbonyl (C=O) groups is 3. The number of hydrogen-bond acceptors (Lipinski definition) is 8. The number of nitrogens with zero attached hydrogens (tertiary/aromatic N) is 1. The van der Waals surface area contributed by atoms with E-state index in [4.69, 9.17) is 18.9 Å². The minimum Gasteiger partial charge on any atom is -0.545 e.